The van der Waals surface area contributed by atoms with Crippen LogP contribution in [0.15, 0.2) is 0 Å². The molecule has 110 valence electrons. The summed E-state index contributed by atoms with van der Waals surface area (Å²) in [5, 5.41) is 0. The van der Waals surface area contributed by atoms with E-state index in [9.17, 15) is 9.46 Å². The van der Waals surface area contributed by atoms with E-state index in [4.69, 9.17) is 26.6 Å². The van der Waals surface area contributed by atoms with Crippen LogP contribution in [0.3, 0.4) is 0 Å². The van der Waals surface area contributed by atoms with Crippen molar-refractivity contribution in [2.75, 3.05) is 45.3 Å². The lowest BCUT2D eigenvalue weighted by molar-refractivity contribution is 0.120. The summed E-state index contributed by atoms with van der Waals surface area (Å²) in [6.45, 7) is 4.21. The molecule has 0 aromatic heterocycles. The molecule has 0 aliphatic carbocycles. The van der Waals surface area contributed by atoms with E-state index in [1.54, 1.807) is 0 Å². The van der Waals surface area contributed by atoms with Gasteiger partial charge in [0.15, 0.2) is 0 Å². The first kappa shape index (κ1) is 18.3. The maximum Gasteiger partial charge on any atom is 0.405 e. The number of nitrogens with two attached hydrogens (primary N) is 1. The predicted molar refractivity (Wildman–Crippen MR) is 72.9 cm³/mol. The van der Waals surface area contributed by atoms with E-state index in [-0.39, 0.29) is 6.61 Å². The quantitative estimate of drug-likeness (QED) is 0.322. The van der Waals surface area contributed by atoms with Crippen LogP contribution in [0, 0.1) is 0 Å². The highest BCUT2D eigenvalue weighted by Crippen LogP contribution is 2.46. The summed E-state index contributed by atoms with van der Waals surface area (Å²) < 4.78 is 23.6. The fourth-order valence-corrected chi connectivity index (χ4v) is 2.65. The Morgan fingerprint density at radius 2 is 2.06 bits per heavy atom. The highest BCUT2D eigenvalue weighted by atomic mass is 35.5. The van der Waals surface area contributed by atoms with E-state index in [0.717, 1.165) is 0 Å². The van der Waals surface area contributed by atoms with Crippen molar-refractivity contribution in [1.82, 2.24) is 4.67 Å². The van der Waals surface area contributed by atoms with E-state index in [1.165, 1.54) is 4.67 Å². The Kier molecular flexibility index (Phi) is 11.4. The van der Waals surface area contributed by atoms with Crippen LogP contribution in [-0.2, 0) is 13.8 Å². The Bertz CT molecular complexity index is 246. The molecule has 0 amide bonds. The topological polar surface area (TPSA) is 85.0 Å². The standard InChI is InChI=1S/C10H24ClN2O4P/c1-2-16-10-8-13(7-3-5-11)18(14,15)17-9-4-6-12/h2-10,12H2,1H3,(H,14,15). The first-order chi connectivity index (χ1) is 8.58. The third-order valence-corrected chi connectivity index (χ3v) is 4.11. The number of ether oxygens (including phenoxy) is 1. The molecule has 0 aromatic rings. The van der Waals surface area contributed by atoms with Crippen LogP contribution in [-0.4, -0.2) is 54.9 Å². The van der Waals surface area contributed by atoms with E-state index in [2.05, 4.69) is 0 Å². The van der Waals surface area contributed by atoms with Gasteiger partial charge in [0.1, 0.15) is 0 Å². The molecule has 0 aliphatic heterocycles. The highest BCUT2D eigenvalue weighted by molar-refractivity contribution is 7.50. The van der Waals surface area contributed by atoms with Crippen molar-refractivity contribution in [1.29, 1.82) is 0 Å². The summed E-state index contributed by atoms with van der Waals surface area (Å²) in [4.78, 5) is 9.85. The van der Waals surface area contributed by atoms with Gasteiger partial charge in [0.2, 0.25) is 0 Å². The molecule has 0 rings (SSSR count). The molecule has 0 heterocycles. The Hall–Kier alpha value is 0.320. The lowest BCUT2D eigenvalue weighted by atomic mass is 10.5. The van der Waals surface area contributed by atoms with Crippen molar-refractivity contribution in [3.8, 4) is 0 Å². The minimum absolute atomic E-state index is 0.177. The molecule has 6 nitrogen and oxygen atoms in total. The fourth-order valence-electron chi connectivity index (χ4n) is 1.27. The van der Waals surface area contributed by atoms with Gasteiger partial charge in [0.05, 0.1) is 13.2 Å². The maximum atomic E-state index is 12.0. The fraction of sp³-hybridized carbons (Fsp3) is 1.00. The normalized spacial score (nSPS) is 14.9. The second-order valence-corrected chi connectivity index (χ2v) is 5.84. The van der Waals surface area contributed by atoms with Crippen LogP contribution < -0.4 is 5.73 Å². The molecule has 0 saturated carbocycles. The van der Waals surface area contributed by atoms with Gasteiger partial charge in [-0.3, -0.25) is 4.52 Å². The summed E-state index contributed by atoms with van der Waals surface area (Å²) >= 11 is 5.60. The van der Waals surface area contributed by atoms with Crippen molar-refractivity contribution in [2.45, 2.75) is 19.8 Å². The third-order valence-electron chi connectivity index (χ3n) is 2.21. The summed E-state index contributed by atoms with van der Waals surface area (Å²) in [6, 6.07) is 0. The van der Waals surface area contributed by atoms with E-state index >= 15 is 0 Å². The van der Waals surface area contributed by atoms with Crippen molar-refractivity contribution < 1.29 is 18.7 Å². The number of alkyl halides is 1. The SMILES string of the molecule is CCOCCN(CCCCl)P(=O)(O)OCCCN. The molecule has 3 N–H and O–H groups in total. The number of rotatable bonds is 12. The first-order valence-corrected chi connectivity index (χ1v) is 8.21. The summed E-state index contributed by atoms with van der Waals surface area (Å²) in [7, 11) is -3.76. The average molecular weight is 303 g/mol. The van der Waals surface area contributed by atoms with Gasteiger partial charge in [-0.25, -0.2) is 9.24 Å². The summed E-state index contributed by atoms with van der Waals surface area (Å²) in [6.07, 6.45) is 1.18. The Labute approximate surface area is 114 Å². The van der Waals surface area contributed by atoms with Gasteiger partial charge < -0.3 is 15.4 Å². The Morgan fingerprint density at radius 3 is 2.61 bits per heavy atom. The van der Waals surface area contributed by atoms with Gasteiger partial charge in [0, 0.05) is 25.6 Å². The van der Waals surface area contributed by atoms with Crippen LogP contribution in [0.2, 0.25) is 0 Å². The molecular formula is C10H24ClN2O4P. The van der Waals surface area contributed by atoms with E-state index in [1.807, 2.05) is 6.92 Å². The number of hydrogen-bond donors (Lipinski definition) is 2. The zero-order valence-electron chi connectivity index (χ0n) is 10.9. The van der Waals surface area contributed by atoms with Crippen molar-refractivity contribution in [2.24, 2.45) is 5.73 Å². The lowest BCUT2D eigenvalue weighted by Gasteiger charge is -2.26. The zero-order chi connectivity index (χ0) is 13.9. The largest absolute Gasteiger partial charge is 0.405 e. The molecule has 0 fully saturated rings. The second-order valence-electron chi connectivity index (χ2n) is 3.66. The van der Waals surface area contributed by atoms with Crippen molar-refractivity contribution in [3.05, 3.63) is 0 Å². The molecular weight excluding hydrogens is 279 g/mol. The zero-order valence-corrected chi connectivity index (χ0v) is 12.5. The molecule has 0 spiro atoms. The number of halogens is 1. The highest BCUT2D eigenvalue weighted by Gasteiger charge is 2.28. The van der Waals surface area contributed by atoms with Gasteiger partial charge in [0.25, 0.3) is 0 Å². The molecule has 1 atom stereocenters. The van der Waals surface area contributed by atoms with Crippen molar-refractivity contribution in [3.63, 3.8) is 0 Å². The third kappa shape index (κ3) is 8.43. The number of hydrogen-bond acceptors (Lipinski definition) is 4. The molecule has 0 radical (unpaired) electrons. The van der Waals surface area contributed by atoms with Crippen LogP contribution in [0.1, 0.15) is 19.8 Å². The van der Waals surface area contributed by atoms with Crippen LogP contribution in [0.5, 0.6) is 0 Å². The Morgan fingerprint density at radius 1 is 1.33 bits per heavy atom. The van der Waals surface area contributed by atoms with Gasteiger partial charge >= 0.3 is 7.75 Å². The molecule has 0 aliphatic rings. The number of nitrogens with zero attached hydrogens (tertiary/aromatic N) is 1. The predicted octanol–water partition coefficient (Wildman–Crippen LogP) is 1.42. The van der Waals surface area contributed by atoms with E-state index < -0.39 is 7.75 Å². The van der Waals surface area contributed by atoms with Gasteiger partial charge in [-0.05, 0) is 26.3 Å². The molecule has 0 bridgehead atoms. The van der Waals surface area contributed by atoms with E-state index in [0.29, 0.717) is 51.6 Å². The average Bonchev–Trinajstić information content (AvgIpc) is 2.33. The summed E-state index contributed by atoms with van der Waals surface area (Å²) in [5.74, 6) is 0.438. The van der Waals surface area contributed by atoms with Crippen LogP contribution in [0.4, 0.5) is 0 Å². The smallest absolute Gasteiger partial charge is 0.380 e. The monoisotopic (exact) mass is 302 g/mol. The first-order valence-electron chi connectivity index (χ1n) is 6.15. The maximum absolute atomic E-state index is 12.0. The lowest BCUT2D eigenvalue weighted by Crippen LogP contribution is -2.27. The molecule has 0 aromatic carbocycles. The van der Waals surface area contributed by atoms with Gasteiger partial charge in [-0.1, -0.05) is 0 Å². The molecule has 18 heavy (non-hydrogen) atoms. The Balaban J connectivity index is 4.25. The van der Waals surface area contributed by atoms with Gasteiger partial charge in [-0.15, -0.1) is 11.6 Å². The van der Waals surface area contributed by atoms with Crippen molar-refractivity contribution >= 4 is 19.3 Å². The second kappa shape index (κ2) is 11.2. The minimum Gasteiger partial charge on any atom is -0.380 e. The molecule has 1 unspecified atom stereocenters. The van der Waals surface area contributed by atoms with Crippen LogP contribution >= 0.6 is 19.3 Å². The molecule has 8 heteroatoms. The molecule has 0 saturated heterocycles. The summed E-state index contributed by atoms with van der Waals surface area (Å²) in [5.41, 5.74) is 5.31. The van der Waals surface area contributed by atoms with Gasteiger partial charge in [-0.2, -0.15) is 0 Å². The minimum atomic E-state index is -3.76. The van der Waals surface area contributed by atoms with Crippen LogP contribution in [0.25, 0.3) is 0 Å².